The molecule has 2 fully saturated rings. The van der Waals surface area contributed by atoms with Gasteiger partial charge >= 0.3 is 5.97 Å². The first kappa shape index (κ1) is 13.9. The molecule has 0 radical (unpaired) electrons. The van der Waals surface area contributed by atoms with Crippen molar-refractivity contribution in [2.75, 3.05) is 0 Å². The Morgan fingerprint density at radius 1 is 1.44 bits per heavy atom. The van der Waals surface area contributed by atoms with Crippen molar-refractivity contribution in [3.8, 4) is 0 Å². The summed E-state index contributed by atoms with van der Waals surface area (Å²) in [4.78, 5) is 11.4. The van der Waals surface area contributed by atoms with Gasteiger partial charge in [0, 0.05) is 19.3 Å². The highest BCUT2D eigenvalue weighted by Crippen LogP contribution is 2.46. The number of fused-ring (bicyclic) bond motifs is 1. The fourth-order valence-electron chi connectivity index (χ4n) is 3.76. The van der Waals surface area contributed by atoms with Gasteiger partial charge in [0.1, 0.15) is 5.60 Å². The number of carbonyl (C=O) groups is 1. The number of esters is 1. The van der Waals surface area contributed by atoms with Gasteiger partial charge in [-0.05, 0) is 32.1 Å². The molecule has 0 N–H and O–H groups in total. The van der Waals surface area contributed by atoms with Crippen molar-refractivity contribution in [3.05, 3.63) is 0 Å². The molecule has 3 nitrogen and oxygen atoms in total. The molecule has 0 aromatic rings. The smallest absolute Gasteiger partial charge is 0.303 e. The lowest BCUT2D eigenvalue weighted by molar-refractivity contribution is -0.215. The Kier molecular flexibility index (Phi) is 4.00. The minimum absolute atomic E-state index is 0.161. The molecule has 1 aliphatic carbocycles. The van der Waals surface area contributed by atoms with Gasteiger partial charge in [-0.25, -0.2) is 0 Å². The van der Waals surface area contributed by atoms with Gasteiger partial charge in [0.05, 0.1) is 12.2 Å². The molecule has 0 amide bonds. The van der Waals surface area contributed by atoms with Crippen molar-refractivity contribution in [2.24, 2.45) is 11.8 Å². The van der Waals surface area contributed by atoms with Crippen LogP contribution in [0.25, 0.3) is 0 Å². The Morgan fingerprint density at radius 3 is 2.78 bits per heavy atom. The second-order valence-electron chi connectivity index (χ2n) is 6.34. The summed E-state index contributed by atoms with van der Waals surface area (Å²) in [7, 11) is 0. The topological polar surface area (TPSA) is 35.5 Å². The van der Waals surface area contributed by atoms with Crippen molar-refractivity contribution < 1.29 is 14.3 Å². The number of rotatable bonds is 2. The summed E-state index contributed by atoms with van der Waals surface area (Å²) >= 11 is 0. The van der Waals surface area contributed by atoms with E-state index in [9.17, 15) is 4.79 Å². The van der Waals surface area contributed by atoms with Gasteiger partial charge in [-0.3, -0.25) is 4.79 Å². The van der Waals surface area contributed by atoms with Gasteiger partial charge in [-0.1, -0.05) is 20.3 Å². The van der Waals surface area contributed by atoms with E-state index >= 15 is 0 Å². The quantitative estimate of drug-likeness (QED) is 0.709. The van der Waals surface area contributed by atoms with Gasteiger partial charge < -0.3 is 9.47 Å². The highest BCUT2D eigenvalue weighted by Gasteiger charge is 2.50. The summed E-state index contributed by atoms with van der Waals surface area (Å²) in [5, 5.41) is 0. The molecule has 2 rings (SSSR count). The molecular weight excluding hydrogens is 228 g/mol. The summed E-state index contributed by atoms with van der Waals surface area (Å²) in [6.07, 6.45) is 5.80. The van der Waals surface area contributed by atoms with Gasteiger partial charge in [0.15, 0.2) is 0 Å². The molecule has 2 aliphatic rings. The highest BCUT2D eigenvalue weighted by atomic mass is 16.6. The van der Waals surface area contributed by atoms with E-state index < -0.39 is 0 Å². The first-order chi connectivity index (χ1) is 8.44. The monoisotopic (exact) mass is 254 g/mol. The Labute approximate surface area is 110 Å². The highest BCUT2D eigenvalue weighted by molar-refractivity contribution is 5.66. The largest absolute Gasteiger partial charge is 0.459 e. The van der Waals surface area contributed by atoms with Crippen LogP contribution in [0.2, 0.25) is 0 Å². The van der Waals surface area contributed by atoms with Crippen LogP contribution in [0.5, 0.6) is 0 Å². The Morgan fingerprint density at radius 2 is 2.17 bits per heavy atom. The van der Waals surface area contributed by atoms with Gasteiger partial charge in [-0.2, -0.15) is 0 Å². The van der Waals surface area contributed by atoms with E-state index in [2.05, 4.69) is 20.8 Å². The average molecular weight is 254 g/mol. The zero-order valence-electron chi connectivity index (χ0n) is 12.1. The molecule has 3 heteroatoms. The maximum Gasteiger partial charge on any atom is 0.303 e. The second kappa shape index (κ2) is 5.20. The Bertz CT molecular complexity index is 315. The van der Waals surface area contributed by atoms with Crippen LogP contribution in [-0.2, 0) is 14.3 Å². The van der Waals surface area contributed by atoms with Crippen molar-refractivity contribution in [2.45, 2.75) is 77.6 Å². The standard InChI is InChI=1S/C15H26O3/c1-5-12-9-15(4,18-11(3)16)13-7-6-10(2)8-14(13)17-12/h10,12-14H,5-9H2,1-4H3. The van der Waals surface area contributed by atoms with Crippen molar-refractivity contribution >= 4 is 5.97 Å². The summed E-state index contributed by atoms with van der Waals surface area (Å²) < 4.78 is 11.9. The van der Waals surface area contributed by atoms with Crippen molar-refractivity contribution in [1.82, 2.24) is 0 Å². The van der Waals surface area contributed by atoms with Crippen molar-refractivity contribution in [1.29, 1.82) is 0 Å². The molecule has 5 unspecified atom stereocenters. The van der Waals surface area contributed by atoms with E-state index in [0.717, 1.165) is 31.6 Å². The molecule has 0 aromatic heterocycles. The third-order valence-electron chi connectivity index (χ3n) is 4.67. The van der Waals surface area contributed by atoms with E-state index in [1.165, 1.54) is 13.3 Å². The van der Waals surface area contributed by atoms with Crippen LogP contribution < -0.4 is 0 Å². The molecule has 104 valence electrons. The number of ether oxygens (including phenoxy) is 2. The lowest BCUT2D eigenvalue weighted by atomic mass is 9.68. The average Bonchev–Trinajstić information content (AvgIpc) is 2.26. The SMILES string of the molecule is CCC1CC(C)(OC(C)=O)C2CCC(C)CC2O1. The van der Waals surface area contributed by atoms with Crippen LogP contribution >= 0.6 is 0 Å². The predicted molar refractivity (Wildman–Crippen MR) is 70.2 cm³/mol. The maximum absolute atomic E-state index is 11.4. The van der Waals surface area contributed by atoms with Crippen LogP contribution in [0.4, 0.5) is 0 Å². The zero-order chi connectivity index (χ0) is 13.3. The number of hydrogen-bond acceptors (Lipinski definition) is 3. The fraction of sp³-hybridized carbons (Fsp3) is 0.933. The molecule has 0 aromatic carbocycles. The third kappa shape index (κ3) is 2.71. The minimum atomic E-state index is -0.324. The van der Waals surface area contributed by atoms with Crippen LogP contribution in [-0.4, -0.2) is 23.8 Å². The lowest BCUT2D eigenvalue weighted by Gasteiger charge is -2.51. The van der Waals surface area contributed by atoms with E-state index in [4.69, 9.17) is 9.47 Å². The summed E-state index contributed by atoms with van der Waals surface area (Å²) in [5.41, 5.74) is -0.324. The summed E-state index contributed by atoms with van der Waals surface area (Å²) in [6, 6.07) is 0. The van der Waals surface area contributed by atoms with Crippen molar-refractivity contribution in [3.63, 3.8) is 0 Å². The normalized spacial score (nSPS) is 44.2. The van der Waals surface area contributed by atoms with Crippen LogP contribution in [0.1, 0.15) is 59.8 Å². The van der Waals surface area contributed by atoms with Gasteiger partial charge in [0.2, 0.25) is 0 Å². The maximum atomic E-state index is 11.4. The van der Waals surface area contributed by atoms with Gasteiger partial charge in [-0.15, -0.1) is 0 Å². The van der Waals surface area contributed by atoms with Gasteiger partial charge in [0.25, 0.3) is 0 Å². The predicted octanol–water partition coefficient (Wildman–Crippen LogP) is 3.31. The Balaban J connectivity index is 2.18. The van der Waals surface area contributed by atoms with Crippen LogP contribution in [0, 0.1) is 11.8 Å². The fourth-order valence-corrected chi connectivity index (χ4v) is 3.76. The van der Waals surface area contributed by atoms with E-state index in [1.54, 1.807) is 0 Å². The minimum Gasteiger partial charge on any atom is -0.459 e. The zero-order valence-corrected chi connectivity index (χ0v) is 12.1. The lowest BCUT2D eigenvalue weighted by Crippen LogP contribution is -2.55. The molecule has 1 saturated carbocycles. The number of carbonyl (C=O) groups excluding carboxylic acids is 1. The molecule has 1 aliphatic heterocycles. The van der Waals surface area contributed by atoms with E-state index in [1.807, 2.05) is 0 Å². The molecule has 0 bridgehead atoms. The molecule has 5 atom stereocenters. The third-order valence-corrected chi connectivity index (χ3v) is 4.67. The van der Waals surface area contributed by atoms with Crippen LogP contribution in [0.3, 0.4) is 0 Å². The van der Waals surface area contributed by atoms with E-state index in [0.29, 0.717) is 5.92 Å². The molecule has 0 spiro atoms. The summed E-state index contributed by atoms with van der Waals surface area (Å²) in [5.74, 6) is 0.940. The second-order valence-corrected chi connectivity index (χ2v) is 6.34. The molecular formula is C15H26O3. The van der Waals surface area contributed by atoms with Crippen LogP contribution in [0.15, 0.2) is 0 Å². The first-order valence-corrected chi connectivity index (χ1v) is 7.29. The molecule has 1 saturated heterocycles. The first-order valence-electron chi connectivity index (χ1n) is 7.29. The Hall–Kier alpha value is -0.570. The molecule has 1 heterocycles. The molecule has 18 heavy (non-hydrogen) atoms. The van der Waals surface area contributed by atoms with E-state index in [-0.39, 0.29) is 23.8 Å². The number of hydrogen-bond donors (Lipinski definition) is 0. The summed E-state index contributed by atoms with van der Waals surface area (Å²) in [6.45, 7) is 8.05.